The van der Waals surface area contributed by atoms with E-state index in [-0.39, 0.29) is 5.92 Å². The Bertz CT molecular complexity index is 145. The number of carbonyl (C=O) groups excluding carboxylic acids is 1. The Balaban J connectivity index is 3.71. The summed E-state index contributed by atoms with van der Waals surface area (Å²) < 4.78 is 0. The van der Waals surface area contributed by atoms with E-state index in [0.717, 1.165) is 19.3 Å². The maximum atomic E-state index is 11.6. The van der Waals surface area contributed by atoms with Crippen molar-refractivity contribution in [3.05, 3.63) is 0 Å². The summed E-state index contributed by atoms with van der Waals surface area (Å²) in [4.78, 5) is 11.6. The van der Waals surface area contributed by atoms with E-state index in [0.29, 0.717) is 18.2 Å². The molecule has 0 aromatic rings. The minimum Gasteiger partial charge on any atom is -0.330 e. The first kappa shape index (κ1) is 12.6. The van der Waals surface area contributed by atoms with Crippen LogP contribution in [0.25, 0.3) is 0 Å². The molecular weight excluding hydrogens is 162 g/mol. The zero-order chi connectivity index (χ0) is 10.3. The molecule has 0 radical (unpaired) electrons. The molecule has 2 heteroatoms. The van der Waals surface area contributed by atoms with Crippen LogP contribution in [0.2, 0.25) is 0 Å². The molecular formula is C11H23NO. The van der Waals surface area contributed by atoms with Gasteiger partial charge in [-0.2, -0.15) is 0 Å². The van der Waals surface area contributed by atoms with Crippen molar-refractivity contribution in [1.82, 2.24) is 0 Å². The molecule has 2 nitrogen and oxygen atoms in total. The fourth-order valence-electron chi connectivity index (χ4n) is 1.55. The Morgan fingerprint density at radius 2 is 1.92 bits per heavy atom. The molecule has 2 unspecified atom stereocenters. The van der Waals surface area contributed by atoms with E-state index in [1.807, 2.05) is 6.92 Å². The monoisotopic (exact) mass is 185 g/mol. The Labute approximate surface area is 81.9 Å². The second-order valence-corrected chi connectivity index (χ2v) is 4.04. The second kappa shape index (κ2) is 7.07. The zero-order valence-corrected chi connectivity index (χ0v) is 9.18. The summed E-state index contributed by atoms with van der Waals surface area (Å²) in [6.45, 7) is 6.91. The quantitative estimate of drug-likeness (QED) is 0.661. The average molecular weight is 185 g/mol. The van der Waals surface area contributed by atoms with Gasteiger partial charge in [-0.3, -0.25) is 4.79 Å². The molecule has 0 aliphatic carbocycles. The predicted octanol–water partition coefficient (Wildman–Crippen LogP) is 2.37. The number of hydrogen-bond acceptors (Lipinski definition) is 2. The summed E-state index contributed by atoms with van der Waals surface area (Å²) in [6.07, 6.45) is 3.88. The van der Waals surface area contributed by atoms with E-state index in [1.165, 1.54) is 6.42 Å². The molecule has 13 heavy (non-hydrogen) atoms. The number of carbonyl (C=O) groups is 1. The zero-order valence-electron chi connectivity index (χ0n) is 9.18. The van der Waals surface area contributed by atoms with Gasteiger partial charge in [-0.15, -0.1) is 0 Å². The molecule has 0 heterocycles. The summed E-state index contributed by atoms with van der Waals surface area (Å²) in [6, 6.07) is 0. The summed E-state index contributed by atoms with van der Waals surface area (Å²) >= 11 is 0. The van der Waals surface area contributed by atoms with Crippen molar-refractivity contribution < 1.29 is 4.79 Å². The molecule has 0 saturated carbocycles. The highest BCUT2D eigenvalue weighted by Crippen LogP contribution is 2.14. The fourth-order valence-corrected chi connectivity index (χ4v) is 1.55. The first-order valence-corrected chi connectivity index (χ1v) is 5.34. The Morgan fingerprint density at radius 3 is 2.38 bits per heavy atom. The maximum absolute atomic E-state index is 11.6. The van der Waals surface area contributed by atoms with Gasteiger partial charge in [0.05, 0.1) is 0 Å². The Kier molecular flexibility index (Phi) is 6.87. The lowest BCUT2D eigenvalue weighted by Gasteiger charge is -2.13. The highest BCUT2D eigenvalue weighted by Gasteiger charge is 2.14. The van der Waals surface area contributed by atoms with E-state index in [9.17, 15) is 4.79 Å². The molecule has 0 fully saturated rings. The SMILES string of the molecule is CCCC(C)CC(=O)C(C)CCN. The van der Waals surface area contributed by atoms with Gasteiger partial charge in [0.2, 0.25) is 0 Å². The van der Waals surface area contributed by atoms with Gasteiger partial charge in [0.15, 0.2) is 0 Å². The summed E-state index contributed by atoms with van der Waals surface area (Å²) in [5.41, 5.74) is 5.40. The van der Waals surface area contributed by atoms with Crippen LogP contribution in [0.15, 0.2) is 0 Å². The van der Waals surface area contributed by atoms with Crippen molar-refractivity contribution in [2.24, 2.45) is 17.6 Å². The molecule has 2 N–H and O–H groups in total. The van der Waals surface area contributed by atoms with Crippen LogP contribution in [0.5, 0.6) is 0 Å². The topological polar surface area (TPSA) is 43.1 Å². The molecule has 2 atom stereocenters. The van der Waals surface area contributed by atoms with E-state index >= 15 is 0 Å². The average Bonchev–Trinajstić information content (AvgIpc) is 2.05. The third kappa shape index (κ3) is 5.81. The van der Waals surface area contributed by atoms with Crippen molar-refractivity contribution >= 4 is 5.78 Å². The Morgan fingerprint density at radius 1 is 1.31 bits per heavy atom. The number of rotatable bonds is 7. The van der Waals surface area contributed by atoms with E-state index in [1.54, 1.807) is 0 Å². The number of ketones is 1. The van der Waals surface area contributed by atoms with Crippen LogP contribution < -0.4 is 5.73 Å². The lowest BCUT2D eigenvalue weighted by Crippen LogP contribution is -2.17. The van der Waals surface area contributed by atoms with Crippen LogP contribution in [0.4, 0.5) is 0 Å². The molecule has 0 bridgehead atoms. The van der Waals surface area contributed by atoms with Crippen LogP contribution in [0, 0.1) is 11.8 Å². The molecule has 0 aromatic heterocycles. The van der Waals surface area contributed by atoms with Gasteiger partial charge in [0.25, 0.3) is 0 Å². The van der Waals surface area contributed by atoms with Gasteiger partial charge in [0.1, 0.15) is 5.78 Å². The minimum absolute atomic E-state index is 0.157. The van der Waals surface area contributed by atoms with Gasteiger partial charge in [-0.1, -0.05) is 33.6 Å². The highest BCUT2D eigenvalue weighted by atomic mass is 16.1. The molecule has 0 saturated heterocycles. The first-order valence-electron chi connectivity index (χ1n) is 5.34. The number of nitrogens with two attached hydrogens (primary N) is 1. The molecule has 0 aromatic carbocycles. The van der Waals surface area contributed by atoms with Gasteiger partial charge in [0, 0.05) is 12.3 Å². The molecule has 78 valence electrons. The first-order chi connectivity index (χ1) is 6.11. The lowest BCUT2D eigenvalue weighted by molar-refractivity contribution is -0.123. The lowest BCUT2D eigenvalue weighted by atomic mass is 9.92. The highest BCUT2D eigenvalue weighted by molar-refractivity contribution is 5.80. The van der Waals surface area contributed by atoms with Crippen molar-refractivity contribution in [1.29, 1.82) is 0 Å². The number of Topliss-reactive ketones (excluding diaryl/α,β-unsaturated/α-hetero) is 1. The van der Waals surface area contributed by atoms with Crippen LogP contribution in [0.1, 0.15) is 46.5 Å². The molecule has 0 amide bonds. The van der Waals surface area contributed by atoms with Crippen molar-refractivity contribution in [2.75, 3.05) is 6.54 Å². The number of hydrogen-bond donors (Lipinski definition) is 1. The molecule has 0 aliphatic rings. The van der Waals surface area contributed by atoms with Crippen LogP contribution in [-0.2, 0) is 4.79 Å². The normalized spacial score (nSPS) is 15.4. The van der Waals surface area contributed by atoms with Crippen molar-refractivity contribution in [3.63, 3.8) is 0 Å². The van der Waals surface area contributed by atoms with E-state index in [2.05, 4.69) is 13.8 Å². The largest absolute Gasteiger partial charge is 0.330 e. The molecule has 0 spiro atoms. The van der Waals surface area contributed by atoms with E-state index < -0.39 is 0 Å². The fraction of sp³-hybridized carbons (Fsp3) is 0.909. The van der Waals surface area contributed by atoms with Crippen molar-refractivity contribution in [2.45, 2.75) is 46.5 Å². The van der Waals surface area contributed by atoms with Crippen LogP contribution in [-0.4, -0.2) is 12.3 Å². The minimum atomic E-state index is 0.157. The van der Waals surface area contributed by atoms with E-state index in [4.69, 9.17) is 5.73 Å². The Hall–Kier alpha value is -0.370. The molecule has 0 aliphatic heterocycles. The van der Waals surface area contributed by atoms with Gasteiger partial charge < -0.3 is 5.73 Å². The molecule has 0 rings (SSSR count). The summed E-state index contributed by atoms with van der Waals surface area (Å²) in [5, 5.41) is 0. The standard InChI is InChI=1S/C11H23NO/c1-4-5-9(2)8-11(13)10(3)6-7-12/h9-10H,4-8,12H2,1-3H3. The van der Waals surface area contributed by atoms with Gasteiger partial charge in [-0.25, -0.2) is 0 Å². The summed E-state index contributed by atoms with van der Waals surface area (Å²) in [7, 11) is 0. The van der Waals surface area contributed by atoms with Crippen LogP contribution >= 0.6 is 0 Å². The van der Waals surface area contributed by atoms with Crippen LogP contribution in [0.3, 0.4) is 0 Å². The second-order valence-electron chi connectivity index (χ2n) is 4.04. The smallest absolute Gasteiger partial charge is 0.136 e. The van der Waals surface area contributed by atoms with Gasteiger partial charge in [-0.05, 0) is 18.9 Å². The van der Waals surface area contributed by atoms with Crippen molar-refractivity contribution in [3.8, 4) is 0 Å². The third-order valence-electron chi connectivity index (χ3n) is 2.48. The third-order valence-corrected chi connectivity index (χ3v) is 2.48. The van der Waals surface area contributed by atoms with Gasteiger partial charge >= 0.3 is 0 Å². The predicted molar refractivity (Wildman–Crippen MR) is 56.5 cm³/mol. The maximum Gasteiger partial charge on any atom is 0.136 e. The summed E-state index contributed by atoms with van der Waals surface area (Å²) in [5.74, 6) is 1.08.